The van der Waals surface area contributed by atoms with Gasteiger partial charge in [-0.05, 0) is 6.07 Å². The van der Waals surface area contributed by atoms with Gasteiger partial charge in [-0.25, -0.2) is 12.8 Å². The fourth-order valence-electron chi connectivity index (χ4n) is 1.17. The van der Waals surface area contributed by atoms with Gasteiger partial charge < -0.3 is 5.21 Å². The summed E-state index contributed by atoms with van der Waals surface area (Å²) in [5.41, 5.74) is -0.179. The molecule has 0 saturated heterocycles. The molecule has 0 fully saturated rings. The Morgan fingerprint density at radius 1 is 1.44 bits per heavy atom. The molecule has 88 valence electrons. The summed E-state index contributed by atoms with van der Waals surface area (Å²) in [7, 11) is -3.35. The van der Waals surface area contributed by atoms with Crippen LogP contribution in [0.1, 0.15) is 12.5 Å². The van der Waals surface area contributed by atoms with Gasteiger partial charge in [0, 0.05) is 11.3 Å². The van der Waals surface area contributed by atoms with Crippen molar-refractivity contribution in [3.63, 3.8) is 0 Å². The quantitative estimate of drug-likeness (QED) is 0.496. The van der Waals surface area contributed by atoms with E-state index in [0.29, 0.717) is 0 Å². The molecule has 1 aromatic rings. The van der Waals surface area contributed by atoms with Crippen molar-refractivity contribution in [2.75, 3.05) is 11.5 Å². The highest BCUT2D eigenvalue weighted by atomic mass is 32.2. The van der Waals surface area contributed by atoms with Crippen LogP contribution in [0.4, 0.5) is 4.39 Å². The molecule has 0 saturated carbocycles. The lowest BCUT2D eigenvalue weighted by Crippen LogP contribution is -2.19. The first kappa shape index (κ1) is 12.6. The maximum Gasteiger partial charge on any atom is 0.155 e. The number of rotatable bonds is 4. The standard InChI is InChI=1S/C10H12FNO3S/c1-2-16(14,15)7-10(12-13)8-5-3-4-6-9(8)11/h3-6,13H,2,7H2,1H3/b12-10-. The molecule has 0 amide bonds. The van der Waals surface area contributed by atoms with E-state index < -0.39 is 21.4 Å². The number of sulfone groups is 1. The summed E-state index contributed by atoms with van der Waals surface area (Å²) in [4.78, 5) is 0. The van der Waals surface area contributed by atoms with Crippen LogP contribution in [-0.4, -0.2) is 30.8 Å². The third-order valence-corrected chi connectivity index (χ3v) is 3.69. The molecule has 1 aromatic carbocycles. The van der Waals surface area contributed by atoms with E-state index >= 15 is 0 Å². The Morgan fingerprint density at radius 3 is 2.56 bits per heavy atom. The number of hydrogen-bond donors (Lipinski definition) is 1. The molecular formula is C10H12FNO3S. The Morgan fingerprint density at radius 2 is 2.06 bits per heavy atom. The number of oxime groups is 1. The van der Waals surface area contributed by atoms with Gasteiger partial charge in [0.15, 0.2) is 9.84 Å². The second kappa shape index (κ2) is 5.07. The molecule has 0 aliphatic carbocycles. The van der Waals surface area contributed by atoms with Crippen molar-refractivity contribution in [2.45, 2.75) is 6.92 Å². The van der Waals surface area contributed by atoms with Gasteiger partial charge >= 0.3 is 0 Å². The van der Waals surface area contributed by atoms with E-state index in [1.54, 1.807) is 6.07 Å². The zero-order valence-corrected chi connectivity index (χ0v) is 9.54. The molecule has 16 heavy (non-hydrogen) atoms. The molecule has 0 atom stereocenters. The van der Waals surface area contributed by atoms with Crippen LogP contribution in [0.15, 0.2) is 29.4 Å². The highest BCUT2D eigenvalue weighted by Gasteiger charge is 2.17. The highest BCUT2D eigenvalue weighted by Crippen LogP contribution is 2.09. The average molecular weight is 245 g/mol. The smallest absolute Gasteiger partial charge is 0.155 e. The first-order valence-electron chi connectivity index (χ1n) is 4.66. The van der Waals surface area contributed by atoms with Gasteiger partial charge in [-0.3, -0.25) is 0 Å². The summed E-state index contributed by atoms with van der Waals surface area (Å²) in [5, 5.41) is 11.6. The molecule has 4 nitrogen and oxygen atoms in total. The molecule has 0 radical (unpaired) electrons. The molecule has 0 aromatic heterocycles. The number of hydrogen-bond acceptors (Lipinski definition) is 4. The van der Waals surface area contributed by atoms with Crippen LogP contribution >= 0.6 is 0 Å². The molecule has 1 rings (SSSR count). The Labute approximate surface area is 93.3 Å². The maximum atomic E-state index is 13.3. The Kier molecular flexibility index (Phi) is 4.00. The molecule has 0 spiro atoms. The number of benzene rings is 1. The largest absolute Gasteiger partial charge is 0.411 e. The van der Waals surface area contributed by atoms with Crippen LogP contribution in [0.3, 0.4) is 0 Å². The monoisotopic (exact) mass is 245 g/mol. The second-order valence-corrected chi connectivity index (χ2v) is 5.56. The predicted octanol–water partition coefficient (Wildman–Crippen LogP) is 1.44. The van der Waals surface area contributed by atoms with Gasteiger partial charge in [0.2, 0.25) is 0 Å². The van der Waals surface area contributed by atoms with Crippen molar-refractivity contribution in [1.29, 1.82) is 0 Å². The van der Waals surface area contributed by atoms with Crippen LogP contribution in [0.2, 0.25) is 0 Å². The normalized spacial score (nSPS) is 12.8. The fraction of sp³-hybridized carbons (Fsp3) is 0.300. The van der Waals surface area contributed by atoms with E-state index in [1.807, 2.05) is 0 Å². The summed E-state index contributed by atoms with van der Waals surface area (Å²) in [6.45, 7) is 1.48. The van der Waals surface area contributed by atoms with Gasteiger partial charge in [0.1, 0.15) is 11.5 Å². The minimum atomic E-state index is -3.35. The molecule has 1 N–H and O–H groups in total. The van der Waals surface area contributed by atoms with Crippen molar-refractivity contribution in [2.24, 2.45) is 5.16 Å². The van der Waals surface area contributed by atoms with E-state index in [-0.39, 0.29) is 17.0 Å². The zero-order valence-electron chi connectivity index (χ0n) is 8.72. The minimum Gasteiger partial charge on any atom is -0.411 e. The summed E-state index contributed by atoms with van der Waals surface area (Å²) in [5.74, 6) is -1.16. The van der Waals surface area contributed by atoms with E-state index in [1.165, 1.54) is 25.1 Å². The maximum absolute atomic E-state index is 13.3. The van der Waals surface area contributed by atoms with Crippen molar-refractivity contribution < 1.29 is 18.0 Å². The van der Waals surface area contributed by atoms with E-state index in [0.717, 1.165) is 0 Å². The molecule has 6 heteroatoms. The Bertz CT molecular complexity index is 497. The molecule has 0 bridgehead atoms. The van der Waals surface area contributed by atoms with Gasteiger partial charge in [0.25, 0.3) is 0 Å². The SMILES string of the molecule is CCS(=O)(=O)C/C(=N/O)c1ccccc1F. The van der Waals surface area contributed by atoms with Crippen molar-refractivity contribution in [3.8, 4) is 0 Å². The predicted molar refractivity (Wildman–Crippen MR) is 59.1 cm³/mol. The minimum absolute atomic E-state index is 0.00188. The van der Waals surface area contributed by atoms with Gasteiger partial charge in [-0.1, -0.05) is 30.3 Å². The van der Waals surface area contributed by atoms with Crippen LogP contribution < -0.4 is 0 Å². The lowest BCUT2D eigenvalue weighted by atomic mass is 10.1. The van der Waals surface area contributed by atoms with Crippen LogP contribution in [0, 0.1) is 5.82 Å². The van der Waals surface area contributed by atoms with Crippen molar-refractivity contribution in [3.05, 3.63) is 35.6 Å². The lowest BCUT2D eigenvalue weighted by Gasteiger charge is -2.05. The van der Waals surface area contributed by atoms with Crippen molar-refractivity contribution in [1.82, 2.24) is 0 Å². The third-order valence-electron chi connectivity index (χ3n) is 2.10. The van der Waals surface area contributed by atoms with Gasteiger partial charge in [-0.2, -0.15) is 0 Å². The van der Waals surface area contributed by atoms with Gasteiger partial charge in [0.05, 0.1) is 5.75 Å². The Balaban J connectivity index is 3.07. The average Bonchev–Trinajstić information content (AvgIpc) is 2.27. The summed E-state index contributed by atoms with van der Waals surface area (Å²) < 4.78 is 36.0. The van der Waals surface area contributed by atoms with E-state index in [4.69, 9.17) is 5.21 Å². The molecular weight excluding hydrogens is 233 g/mol. The van der Waals surface area contributed by atoms with E-state index in [9.17, 15) is 12.8 Å². The van der Waals surface area contributed by atoms with Gasteiger partial charge in [-0.15, -0.1) is 0 Å². The second-order valence-electron chi connectivity index (χ2n) is 3.20. The molecule has 0 aliphatic rings. The van der Waals surface area contributed by atoms with Crippen LogP contribution in [0.25, 0.3) is 0 Å². The lowest BCUT2D eigenvalue weighted by molar-refractivity contribution is 0.319. The first-order valence-corrected chi connectivity index (χ1v) is 6.48. The summed E-state index contributed by atoms with van der Waals surface area (Å²) in [6, 6.07) is 5.57. The zero-order chi connectivity index (χ0) is 12.2. The third kappa shape index (κ3) is 3.03. The van der Waals surface area contributed by atoms with Crippen LogP contribution in [-0.2, 0) is 9.84 Å². The molecule has 0 unspecified atom stereocenters. The first-order chi connectivity index (χ1) is 7.50. The topological polar surface area (TPSA) is 66.7 Å². The number of halogens is 1. The summed E-state index contributed by atoms with van der Waals surface area (Å²) >= 11 is 0. The Hall–Kier alpha value is -1.43. The van der Waals surface area contributed by atoms with Crippen LogP contribution in [0.5, 0.6) is 0 Å². The number of nitrogens with zero attached hydrogens (tertiary/aromatic N) is 1. The summed E-state index contributed by atoms with van der Waals surface area (Å²) in [6.07, 6.45) is 0. The van der Waals surface area contributed by atoms with Crippen molar-refractivity contribution >= 4 is 15.5 Å². The molecule has 0 aliphatic heterocycles. The van der Waals surface area contributed by atoms with E-state index in [2.05, 4.69) is 5.16 Å². The highest BCUT2D eigenvalue weighted by molar-refractivity contribution is 7.92. The fourth-order valence-corrected chi connectivity index (χ4v) is 2.00. The molecule has 0 heterocycles.